The molecular formula is C13H17FN4S. The van der Waals surface area contributed by atoms with Gasteiger partial charge in [-0.15, -0.1) is 0 Å². The number of benzene rings is 1. The number of H-pyrrole nitrogens is 1. The Hall–Kier alpha value is -1.40. The van der Waals surface area contributed by atoms with Crippen LogP contribution in [-0.2, 0) is 6.54 Å². The van der Waals surface area contributed by atoms with Gasteiger partial charge in [0.1, 0.15) is 12.1 Å². The molecule has 0 aliphatic carbocycles. The number of nitrogens with zero attached hydrogens (tertiary/aromatic N) is 2. The van der Waals surface area contributed by atoms with Crippen LogP contribution in [0.4, 0.5) is 4.39 Å². The molecule has 0 saturated heterocycles. The van der Waals surface area contributed by atoms with Gasteiger partial charge in [0.05, 0.1) is 4.90 Å². The molecule has 0 fully saturated rings. The first-order chi connectivity index (χ1) is 9.15. The molecule has 102 valence electrons. The maximum Gasteiger partial charge on any atom is 0.188 e. The van der Waals surface area contributed by atoms with Crippen molar-refractivity contribution in [3.8, 4) is 0 Å². The van der Waals surface area contributed by atoms with Crippen LogP contribution in [0.15, 0.2) is 34.6 Å². The van der Waals surface area contributed by atoms with Crippen LogP contribution >= 0.6 is 11.8 Å². The molecule has 0 unspecified atom stereocenters. The molecular weight excluding hydrogens is 263 g/mol. The van der Waals surface area contributed by atoms with Crippen LogP contribution in [-0.4, -0.2) is 21.7 Å². The number of hydrogen-bond donors (Lipinski definition) is 2. The van der Waals surface area contributed by atoms with Crippen LogP contribution in [0, 0.1) is 11.7 Å². The molecule has 0 aliphatic heterocycles. The van der Waals surface area contributed by atoms with Gasteiger partial charge in [0, 0.05) is 6.54 Å². The fourth-order valence-electron chi connectivity index (χ4n) is 1.59. The lowest BCUT2D eigenvalue weighted by molar-refractivity contribution is 0.548. The van der Waals surface area contributed by atoms with Crippen molar-refractivity contribution >= 4 is 11.8 Å². The first-order valence-electron chi connectivity index (χ1n) is 6.17. The molecule has 4 nitrogen and oxygen atoms in total. The Balaban J connectivity index is 1.97. The van der Waals surface area contributed by atoms with Gasteiger partial charge in [-0.05, 0) is 41.9 Å². The molecule has 0 bridgehead atoms. The fraction of sp³-hybridized carbons (Fsp3) is 0.385. The van der Waals surface area contributed by atoms with E-state index in [-0.39, 0.29) is 5.82 Å². The molecule has 0 amide bonds. The molecule has 0 spiro atoms. The molecule has 0 atom stereocenters. The van der Waals surface area contributed by atoms with Crippen molar-refractivity contribution in [1.29, 1.82) is 0 Å². The molecule has 19 heavy (non-hydrogen) atoms. The standard InChI is InChI=1S/C13H17FN4S/c1-9(2)6-15-7-10-3-4-12(11(14)5-10)19-13-16-8-17-18-13/h3-5,8-9,15H,6-7H2,1-2H3,(H,16,17,18). The van der Waals surface area contributed by atoms with Crippen molar-refractivity contribution in [2.75, 3.05) is 6.54 Å². The topological polar surface area (TPSA) is 53.6 Å². The van der Waals surface area contributed by atoms with Crippen molar-refractivity contribution < 1.29 is 4.39 Å². The Bertz CT molecular complexity index is 513. The van der Waals surface area contributed by atoms with E-state index in [9.17, 15) is 4.39 Å². The maximum absolute atomic E-state index is 13.9. The molecule has 1 aromatic heterocycles. The van der Waals surface area contributed by atoms with Gasteiger partial charge >= 0.3 is 0 Å². The summed E-state index contributed by atoms with van der Waals surface area (Å²) >= 11 is 1.23. The lowest BCUT2D eigenvalue weighted by atomic mass is 10.2. The van der Waals surface area contributed by atoms with Crippen LogP contribution in [0.1, 0.15) is 19.4 Å². The summed E-state index contributed by atoms with van der Waals surface area (Å²) in [6.45, 7) is 5.90. The van der Waals surface area contributed by atoms with E-state index >= 15 is 0 Å². The van der Waals surface area contributed by atoms with Gasteiger partial charge in [-0.25, -0.2) is 9.37 Å². The van der Waals surface area contributed by atoms with Gasteiger partial charge in [0.2, 0.25) is 0 Å². The second-order valence-electron chi connectivity index (χ2n) is 4.68. The van der Waals surface area contributed by atoms with E-state index in [1.54, 1.807) is 12.1 Å². The fourth-order valence-corrected chi connectivity index (χ4v) is 2.29. The Kier molecular flexibility index (Phi) is 4.93. The highest BCUT2D eigenvalue weighted by Gasteiger charge is 2.07. The van der Waals surface area contributed by atoms with Gasteiger partial charge < -0.3 is 5.32 Å². The average Bonchev–Trinajstić information content (AvgIpc) is 2.85. The Labute approximate surface area is 116 Å². The normalized spacial score (nSPS) is 11.2. The summed E-state index contributed by atoms with van der Waals surface area (Å²) in [5.74, 6) is 0.358. The molecule has 2 aromatic rings. The molecule has 0 saturated carbocycles. The van der Waals surface area contributed by atoms with E-state index in [1.165, 1.54) is 18.1 Å². The highest BCUT2D eigenvalue weighted by atomic mass is 32.2. The minimum atomic E-state index is -0.231. The van der Waals surface area contributed by atoms with Crippen molar-refractivity contribution in [1.82, 2.24) is 20.5 Å². The number of aromatic nitrogens is 3. The Morgan fingerprint density at radius 3 is 2.89 bits per heavy atom. The van der Waals surface area contributed by atoms with Gasteiger partial charge in [-0.3, -0.25) is 5.10 Å². The second kappa shape index (κ2) is 6.68. The summed E-state index contributed by atoms with van der Waals surface area (Å²) in [6, 6.07) is 5.26. The SMILES string of the molecule is CC(C)CNCc1ccc(Sc2ncn[nH]2)c(F)c1. The van der Waals surface area contributed by atoms with E-state index in [2.05, 4.69) is 34.3 Å². The minimum Gasteiger partial charge on any atom is -0.312 e. The van der Waals surface area contributed by atoms with Crippen molar-refractivity contribution in [2.45, 2.75) is 30.4 Å². The lowest BCUT2D eigenvalue weighted by Crippen LogP contribution is -2.18. The average molecular weight is 280 g/mol. The third-order valence-corrected chi connectivity index (χ3v) is 3.42. The zero-order chi connectivity index (χ0) is 13.7. The summed E-state index contributed by atoms with van der Waals surface area (Å²) < 4.78 is 13.9. The lowest BCUT2D eigenvalue weighted by Gasteiger charge is -2.08. The number of aromatic amines is 1. The molecule has 0 radical (unpaired) electrons. The molecule has 2 N–H and O–H groups in total. The second-order valence-corrected chi connectivity index (χ2v) is 5.71. The van der Waals surface area contributed by atoms with Crippen LogP contribution in [0.5, 0.6) is 0 Å². The van der Waals surface area contributed by atoms with E-state index < -0.39 is 0 Å². The van der Waals surface area contributed by atoms with Crippen LogP contribution in [0.25, 0.3) is 0 Å². The number of hydrogen-bond acceptors (Lipinski definition) is 4. The molecule has 0 aliphatic rings. The third kappa shape index (κ3) is 4.33. The predicted molar refractivity (Wildman–Crippen MR) is 73.5 cm³/mol. The first-order valence-corrected chi connectivity index (χ1v) is 6.99. The van der Waals surface area contributed by atoms with E-state index in [1.807, 2.05) is 6.07 Å². The van der Waals surface area contributed by atoms with Crippen LogP contribution in [0.3, 0.4) is 0 Å². The number of rotatable bonds is 6. The van der Waals surface area contributed by atoms with E-state index in [0.29, 0.717) is 22.5 Å². The van der Waals surface area contributed by atoms with Crippen molar-refractivity contribution in [2.24, 2.45) is 5.92 Å². The van der Waals surface area contributed by atoms with Crippen LogP contribution in [0.2, 0.25) is 0 Å². The Morgan fingerprint density at radius 1 is 1.42 bits per heavy atom. The molecule has 1 aromatic carbocycles. The van der Waals surface area contributed by atoms with Gasteiger partial charge in [-0.1, -0.05) is 19.9 Å². The summed E-state index contributed by atoms with van der Waals surface area (Å²) in [6.07, 6.45) is 1.41. The minimum absolute atomic E-state index is 0.231. The van der Waals surface area contributed by atoms with Gasteiger partial charge in [-0.2, -0.15) is 5.10 Å². The zero-order valence-electron chi connectivity index (χ0n) is 11.0. The van der Waals surface area contributed by atoms with Crippen molar-refractivity contribution in [3.63, 3.8) is 0 Å². The maximum atomic E-state index is 13.9. The third-order valence-electron chi connectivity index (χ3n) is 2.48. The van der Waals surface area contributed by atoms with E-state index in [0.717, 1.165) is 12.1 Å². The number of nitrogens with one attached hydrogen (secondary N) is 2. The predicted octanol–water partition coefficient (Wildman–Crippen LogP) is 2.84. The monoisotopic (exact) mass is 280 g/mol. The smallest absolute Gasteiger partial charge is 0.188 e. The number of halogens is 1. The first kappa shape index (κ1) is 14.0. The molecule has 2 rings (SSSR count). The molecule has 1 heterocycles. The Morgan fingerprint density at radius 2 is 2.26 bits per heavy atom. The zero-order valence-corrected chi connectivity index (χ0v) is 11.8. The highest BCUT2D eigenvalue weighted by Crippen LogP contribution is 2.27. The van der Waals surface area contributed by atoms with Crippen molar-refractivity contribution in [3.05, 3.63) is 35.9 Å². The summed E-state index contributed by atoms with van der Waals surface area (Å²) in [5.41, 5.74) is 0.945. The highest BCUT2D eigenvalue weighted by molar-refractivity contribution is 7.99. The van der Waals surface area contributed by atoms with Gasteiger partial charge in [0.15, 0.2) is 5.16 Å². The quantitative estimate of drug-likeness (QED) is 0.854. The summed E-state index contributed by atoms with van der Waals surface area (Å²) in [7, 11) is 0. The summed E-state index contributed by atoms with van der Waals surface area (Å²) in [5, 5.41) is 10.3. The van der Waals surface area contributed by atoms with E-state index in [4.69, 9.17) is 0 Å². The largest absolute Gasteiger partial charge is 0.312 e. The summed E-state index contributed by atoms with van der Waals surface area (Å²) in [4.78, 5) is 4.51. The molecule has 6 heteroatoms. The van der Waals surface area contributed by atoms with Crippen LogP contribution < -0.4 is 5.32 Å². The van der Waals surface area contributed by atoms with Gasteiger partial charge in [0.25, 0.3) is 0 Å².